The molecular weight excluding hydrogens is 379 g/mol. The number of nitrogens with one attached hydrogen (secondary N) is 3. The van der Waals surface area contributed by atoms with Crippen molar-refractivity contribution in [1.29, 1.82) is 0 Å². The maximum Gasteiger partial charge on any atom is 0.226 e. The summed E-state index contributed by atoms with van der Waals surface area (Å²) in [4.78, 5) is 14.4. The van der Waals surface area contributed by atoms with E-state index in [4.69, 9.17) is 0 Å². The lowest BCUT2D eigenvalue weighted by Gasteiger charge is -2.32. The number of carbonyl (C=O) groups is 1. The molecule has 0 radical (unpaired) electrons. The Morgan fingerprint density at radius 1 is 0.933 bits per heavy atom. The molecule has 2 fully saturated rings. The molecule has 2 aliphatic rings. The normalized spacial score (nSPS) is 18.6. The van der Waals surface area contributed by atoms with Crippen LogP contribution in [0.1, 0.15) is 44.1 Å². The number of hydrogen-bond acceptors (Lipinski definition) is 4. The van der Waals surface area contributed by atoms with Crippen LogP contribution in [-0.2, 0) is 11.2 Å². The third-order valence-corrected chi connectivity index (χ3v) is 6.52. The highest BCUT2D eigenvalue weighted by Crippen LogP contribution is 2.17. The Hall–Kier alpha value is -1.50. The van der Waals surface area contributed by atoms with E-state index in [0.29, 0.717) is 12.3 Å². The SMILES string of the molecule is O=C(Cc1ccc(F)cc1)N1CCC(CNCCCCNCC2CCNCC2)CC1. The van der Waals surface area contributed by atoms with E-state index in [0.717, 1.165) is 57.0 Å². The van der Waals surface area contributed by atoms with Crippen LogP contribution < -0.4 is 16.0 Å². The molecule has 0 spiro atoms. The van der Waals surface area contributed by atoms with Crippen LogP contribution in [-0.4, -0.2) is 63.2 Å². The number of benzene rings is 1. The van der Waals surface area contributed by atoms with Crippen molar-refractivity contribution in [2.24, 2.45) is 11.8 Å². The maximum absolute atomic E-state index is 13.0. The summed E-state index contributed by atoms with van der Waals surface area (Å²) in [5, 5.41) is 10.6. The fourth-order valence-electron chi connectivity index (χ4n) is 4.47. The highest BCUT2D eigenvalue weighted by atomic mass is 19.1. The Morgan fingerprint density at radius 3 is 2.10 bits per heavy atom. The van der Waals surface area contributed by atoms with E-state index in [-0.39, 0.29) is 11.7 Å². The van der Waals surface area contributed by atoms with Gasteiger partial charge in [-0.25, -0.2) is 4.39 Å². The molecule has 0 aliphatic carbocycles. The molecular formula is C24H39FN4O. The van der Waals surface area contributed by atoms with Crippen molar-refractivity contribution in [3.8, 4) is 0 Å². The number of rotatable bonds is 11. The van der Waals surface area contributed by atoms with Gasteiger partial charge in [0.05, 0.1) is 6.42 Å². The molecule has 3 N–H and O–H groups in total. The van der Waals surface area contributed by atoms with Crippen LogP contribution in [0.25, 0.3) is 0 Å². The lowest BCUT2D eigenvalue weighted by atomic mass is 9.96. The van der Waals surface area contributed by atoms with E-state index in [1.807, 2.05) is 4.90 Å². The van der Waals surface area contributed by atoms with E-state index < -0.39 is 0 Å². The topological polar surface area (TPSA) is 56.4 Å². The summed E-state index contributed by atoms with van der Waals surface area (Å²) in [6, 6.07) is 6.25. The molecule has 0 unspecified atom stereocenters. The average molecular weight is 419 g/mol. The van der Waals surface area contributed by atoms with Crippen molar-refractivity contribution in [2.45, 2.75) is 44.9 Å². The minimum atomic E-state index is -0.256. The summed E-state index contributed by atoms with van der Waals surface area (Å²) in [6.45, 7) is 8.48. The van der Waals surface area contributed by atoms with Crippen LogP contribution in [0.4, 0.5) is 4.39 Å². The van der Waals surface area contributed by atoms with Gasteiger partial charge in [0.1, 0.15) is 5.82 Å². The van der Waals surface area contributed by atoms with Gasteiger partial charge in [0.2, 0.25) is 5.91 Å². The second kappa shape index (κ2) is 13.0. The van der Waals surface area contributed by atoms with Crippen LogP contribution in [0.2, 0.25) is 0 Å². The second-order valence-electron chi connectivity index (χ2n) is 8.94. The van der Waals surface area contributed by atoms with E-state index in [1.165, 1.54) is 57.5 Å². The second-order valence-corrected chi connectivity index (χ2v) is 8.94. The molecule has 30 heavy (non-hydrogen) atoms. The van der Waals surface area contributed by atoms with Gasteiger partial charge in [-0.1, -0.05) is 12.1 Å². The summed E-state index contributed by atoms with van der Waals surface area (Å²) in [5.74, 6) is 1.42. The van der Waals surface area contributed by atoms with Gasteiger partial charge in [0.15, 0.2) is 0 Å². The molecule has 168 valence electrons. The molecule has 3 rings (SSSR count). The Morgan fingerprint density at radius 2 is 1.50 bits per heavy atom. The highest BCUT2D eigenvalue weighted by molar-refractivity contribution is 5.78. The molecule has 2 aliphatic heterocycles. The van der Waals surface area contributed by atoms with E-state index in [9.17, 15) is 9.18 Å². The Bertz CT molecular complexity index is 610. The Balaban J connectivity index is 1.17. The largest absolute Gasteiger partial charge is 0.342 e. The zero-order valence-corrected chi connectivity index (χ0v) is 18.3. The molecule has 0 saturated carbocycles. The Kier molecular flexibility index (Phi) is 10.1. The minimum Gasteiger partial charge on any atom is -0.342 e. The van der Waals surface area contributed by atoms with Crippen molar-refractivity contribution in [3.05, 3.63) is 35.6 Å². The summed E-state index contributed by atoms with van der Waals surface area (Å²) < 4.78 is 13.0. The predicted molar refractivity (Wildman–Crippen MR) is 120 cm³/mol. The fourth-order valence-corrected chi connectivity index (χ4v) is 4.47. The minimum absolute atomic E-state index is 0.157. The van der Waals surface area contributed by atoms with Crippen molar-refractivity contribution in [1.82, 2.24) is 20.9 Å². The molecule has 2 saturated heterocycles. The Labute approximate surface area is 181 Å². The lowest BCUT2D eigenvalue weighted by molar-refractivity contribution is -0.131. The molecule has 1 amide bonds. The first-order valence-electron chi connectivity index (χ1n) is 11.8. The highest BCUT2D eigenvalue weighted by Gasteiger charge is 2.22. The molecule has 5 nitrogen and oxygen atoms in total. The first kappa shape index (κ1) is 23.2. The lowest BCUT2D eigenvalue weighted by Crippen LogP contribution is -2.41. The van der Waals surface area contributed by atoms with Crippen molar-refractivity contribution in [3.63, 3.8) is 0 Å². The standard InChI is InChI=1S/C24H39FN4O/c25-23-5-3-20(4-6-23)17-24(30)29-15-9-22(10-16-29)19-28-12-2-1-11-27-18-21-7-13-26-14-8-21/h3-6,21-22,26-28H,1-2,7-19H2. The van der Waals surface area contributed by atoms with Gasteiger partial charge in [-0.05, 0) is 107 Å². The molecule has 6 heteroatoms. The van der Waals surface area contributed by atoms with Crippen LogP contribution in [0, 0.1) is 17.7 Å². The van der Waals surface area contributed by atoms with E-state index in [2.05, 4.69) is 16.0 Å². The molecule has 1 aromatic carbocycles. The van der Waals surface area contributed by atoms with Crippen molar-refractivity contribution < 1.29 is 9.18 Å². The summed E-state index contributed by atoms with van der Waals surface area (Å²) in [6.07, 6.45) is 7.58. The van der Waals surface area contributed by atoms with Gasteiger partial charge < -0.3 is 20.9 Å². The summed E-state index contributed by atoms with van der Waals surface area (Å²) in [5.41, 5.74) is 0.885. The predicted octanol–water partition coefficient (Wildman–Crippen LogP) is 2.57. The van der Waals surface area contributed by atoms with Gasteiger partial charge in [-0.2, -0.15) is 0 Å². The number of likely N-dealkylation sites (tertiary alicyclic amines) is 1. The summed E-state index contributed by atoms with van der Waals surface area (Å²) in [7, 11) is 0. The number of carbonyl (C=O) groups excluding carboxylic acids is 1. The fraction of sp³-hybridized carbons (Fsp3) is 0.708. The van der Waals surface area contributed by atoms with Gasteiger partial charge >= 0.3 is 0 Å². The number of hydrogen-bond donors (Lipinski definition) is 3. The van der Waals surface area contributed by atoms with Gasteiger partial charge in [0, 0.05) is 13.1 Å². The number of piperidine rings is 2. The zero-order valence-electron chi connectivity index (χ0n) is 18.3. The number of nitrogens with zero attached hydrogens (tertiary/aromatic N) is 1. The molecule has 0 aromatic heterocycles. The van der Waals surface area contributed by atoms with Crippen LogP contribution >= 0.6 is 0 Å². The smallest absolute Gasteiger partial charge is 0.226 e. The molecule has 1 aromatic rings. The van der Waals surface area contributed by atoms with Gasteiger partial charge in [-0.15, -0.1) is 0 Å². The summed E-state index contributed by atoms with van der Waals surface area (Å²) >= 11 is 0. The number of amides is 1. The van der Waals surface area contributed by atoms with Gasteiger partial charge in [-0.3, -0.25) is 4.79 Å². The number of unbranched alkanes of at least 4 members (excludes halogenated alkanes) is 1. The van der Waals surface area contributed by atoms with E-state index >= 15 is 0 Å². The quantitative estimate of drug-likeness (QED) is 0.484. The van der Waals surface area contributed by atoms with Crippen LogP contribution in [0.5, 0.6) is 0 Å². The first-order chi connectivity index (χ1) is 14.7. The maximum atomic E-state index is 13.0. The molecule has 0 atom stereocenters. The van der Waals surface area contributed by atoms with Crippen molar-refractivity contribution in [2.75, 3.05) is 52.4 Å². The molecule has 0 bridgehead atoms. The van der Waals surface area contributed by atoms with Crippen LogP contribution in [0.3, 0.4) is 0 Å². The monoisotopic (exact) mass is 418 g/mol. The van der Waals surface area contributed by atoms with E-state index in [1.54, 1.807) is 12.1 Å². The number of halogens is 1. The average Bonchev–Trinajstić information content (AvgIpc) is 2.78. The third kappa shape index (κ3) is 8.32. The third-order valence-electron chi connectivity index (χ3n) is 6.52. The van der Waals surface area contributed by atoms with Crippen molar-refractivity contribution >= 4 is 5.91 Å². The first-order valence-corrected chi connectivity index (χ1v) is 11.8. The van der Waals surface area contributed by atoms with Crippen LogP contribution in [0.15, 0.2) is 24.3 Å². The van der Waals surface area contributed by atoms with Gasteiger partial charge in [0.25, 0.3) is 0 Å². The molecule has 2 heterocycles. The zero-order chi connectivity index (χ0) is 21.0.